The van der Waals surface area contributed by atoms with Crippen LogP contribution in [0.1, 0.15) is 12.6 Å². The summed E-state index contributed by atoms with van der Waals surface area (Å²) in [6.45, 7) is 2.83. The predicted octanol–water partition coefficient (Wildman–Crippen LogP) is 0.534. The van der Waals surface area contributed by atoms with E-state index in [9.17, 15) is 4.79 Å². The molecule has 1 N–H and O–H groups in total. The number of aromatic nitrogens is 2. The standard InChI is InChI=1S/C10H15N3O3/c1-3-16-6-8-4-9(12-7-11-8)13(2)5-10(14)15/h4,7H,3,5-6H2,1-2H3,(H,14,15). The summed E-state index contributed by atoms with van der Waals surface area (Å²) in [5.74, 6) is -0.320. The molecule has 88 valence electrons. The fourth-order valence-corrected chi connectivity index (χ4v) is 1.16. The van der Waals surface area contributed by atoms with E-state index in [-0.39, 0.29) is 6.54 Å². The maximum atomic E-state index is 10.5. The molecule has 0 aromatic carbocycles. The molecule has 0 amide bonds. The molecule has 0 unspecified atom stereocenters. The van der Waals surface area contributed by atoms with Crippen LogP contribution in [-0.2, 0) is 16.1 Å². The van der Waals surface area contributed by atoms with Gasteiger partial charge < -0.3 is 14.7 Å². The molecule has 1 rings (SSSR count). The molecular weight excluding hydrogens is 210 g/mol. The van der Waals surface area contributed by atoms with Gasteiger partial charge in [0.15, 0.2) is 0 Å². The van der Waals surface area contributed by atoms with E-state index in [1.165, 1.54) is 6.33 Å². The zero-order chi connectivity index (χ0) is 12.0. The third-order valence-corrected chi connectivity index (χ3v) is 1.93. The largest absolute Gasteiger partial charge is 0.480 e. The number of ether oxygens (including phenoxy) is 1. The van der Waals surface area contributed by atoms with E-state index in [4.69, 9.17) is 9.84 Å². The van der Waals surface area contributed by atoms with E-state index in [1.54, 1.807) is 18.0 Å². The fourth-order valence-electron chi connectivity index (χ4n) is 1.16. The highest BCUT2D eigenvalue weighted by Gasteiger charge is 2.07. The van der Waals surface area contributed by atoms with Gasteiger partial charge in [-0.3, -0.25) is 4.79 Å². The minimum absolute atomic E-state index is 0.0922. The Morgan fingerprint density at radius 3 is 2.94 bits per heavy atom. The first-order valence-corrected chi connectivity index (χ1v) is 4.95. The molecular formula is C10H15N3O3. The molecule has 1 aromatic rings. The van der Waals surface area contributed by atoms with Crippen molar-refractivity contribution < 1.29 is 14.6 Å². The van der Waals surface area contributed by atoms with Crippen LogP contribution in [0.2, 0.25) is 0 Å². The Morgan fingerprint density at radius 1 is 1.56 bits per heavy atom. The van der Waals surface area contributed by atoms with Crippen LogP contribution < -0.4 is 4.90 Å². The van der Waals surface area contributed by atoms with Gasteiger partial charge in [-0.05, 0) is 6.92 Å². The number of carboxylic acids is 1. The van der Waals surface area contributed by atoms with Gasteiger partial charge in [0.2, 0.25) is 0 Å². The Kier molecular flexibility index (Phi) is 4.65. The van der Waals surface area contributed by atoms with Crippen LogP contribution in [0, 0.1) is 0 Å². The van der Waals surface area contributed by atoms with E-state index in [0.717, 1.165) is 5.69 Å². The van der Waals surface area contributed by atoms with Gasteiger partial charge in [0.1, 0.15) is 18.7 Å². The fraction of sp³-hybridized carbons (Fsp3) is 0.500. The van der Waals surface area contributed by atoms with Crippen LogP contribution in [0.15, 0.2) is 12.4 Å². The minimum atomic E-state index is -0.896. The number of rotatable bonds is 6. The zero-order valence-electron chi connectivity index (χ0n) is 9.38. The van der Waals surface area contributed by atoms with E-state index >= 15 is 0 Å². The highest BCUT2D eigenvalue weighted by molar-refractivity contribution is 5.72. The van der Waals surface area contributed by atoms with Crippen molar-refractivity contribution in [2.45, 2.75) is 13.5 Å². The van der Waals surface area contributed by atoms with Gasteiger partial charge in [0.05, 0.1) is 12.3 Å². The lowest BCUT2D eigenvalue weighted by atomic mass is 10.4. The van der Waals surface area contributed by atoms with Crippen molar-refractivity contribution in [3.8, 4) is 0 Å². The highest BCUT2D eigenvalue weighted by Crippen LogP contribution is 2.09. The Hall–Kier alpha value is -1.69. The van der Waals surface area contributed by atoms with E-state index < -0.39 is 5.97 Å². The summed E-state index contributed by atoms with van der Waals surface area (Å²) in [4.78, 5) is 20.1. The quantitative estimate of drug-likeness (QED) is 0.761. The number of hydrogen-bond acceptors (Lipinski definition) is 5. The molecule has 1 aromatic heterocycles. The predicted molar refractivity (Wildman–Crippen MR) is 58.3 cm³/mol. The molecule has 0 saturated heterocycles. The number of nitrogens with zero attached hydrogens (tertiary/aromatic N) is 3. The third-order valence-electron chi connectivity index (χ3n) is 1.93. The van der Waals surface area contributed by atoms with Crippen molar-refractivity contribution in [3.05, 3.63) is 18.1 Å². The number of hydrogen-bond donors (Lipinski definition) is 1. The van der Waals surface area contributed by atoms with Crippen molar-refractivity contribution in [2.24, 2.45) is 0 Å². The van der Waals surface area contributed by atoms with Crippen molar-refractivity contribution >= 4 is 11.8 Å². The molecule has 6 nitrogen and oxygen atoms in total. The summed E-state index contributed by atoms with van der Waals surface area (Å²) < 4.78 is 5.21. The summed E-state index contributed by atoms with van der Waals surface area (Å²) in [5, 5.41) is 8.65. The monoisotopic (exact) mass is 225 g/mol. The third kappa shape index (κ3) is 3.82. The zero-order valence-corrected chi connectivity index (χ0v) is 9.38. The van der Waals surface area contributed by atoms with E-state index in [2.05, 4.69) is 9.97 Å². The smallest absolute Gasteiger partial charge is 0.323 e. The lowest BCUT2D eigenvalue weighted by Crippen LogP contribution is -2.26. The van der Waals surface area contributed by atoms with Crippen molar-refractivity contribution in [3.63, 3.8) is 0 Å². The first-order chi connectivity index (χ1) is 7.63. The normalized spacial score (nSPS) is 10.1. The van der Waals surface area contributed by atoms with Gasteiger partial charge in [-0.2, -0.15) is 0 Å². The summed E-state index contributed by atoms with van der Waals surface area (Å²) >= 11 is 0. The van der Waals surface area contributed by atoms with Gasteiger partial charge in [-0.15, -0.1) is 0 Å². The van der Waals surface area contributed by atoms with E-state index in [1.807, 2.05) is 6.92 Å². The Bertz CT molecular complexity index is 357. The summed E-state index contributed by atoms with van der Waals surface area (Å²) in [6.07, 6.45) is 1.40. The number of carbonyl (C=O) groups is 1. The molecule has 0 radical (unpaired) electrons. The van der Waals surface area contributed by atoms with Crippen LogP contribution in [-0.4, -0.2) is 41.2 Å². The second-order valence-corrected chi connectivity index (χ2v) is 3.25. The first-order valence-electron chi connectivity index (χ1n) is 4.95. The number of aliphatic carboxylic acids is 1. The molecule has 0 saturated carbocycles. The summed E-state index contributed by atoms with van der Waals surface area (Å²) in [5.41, 5.74) is 0.740. The van der Waals surface area contributed by atoms with Gasteiger partial charge in [0.25, 0.3) is 0 Å². The number of carboxylic acid groups (broad SMARTS) is 1. The first kappa shape index (κ1) is 12.4. The molecule has 16 heavy (non-hydrogen) atoms. The summed E-state index contributed by atoms with van der Waals surface area (Å²) in [6, 6.07) is 1.72. The van der Waals surface area contributed by atoms with Crippen molar-refractivity contribution in [1.29, 1.82) is 0 Å². The second-order valence-electron chi connectivity index (χ2n) is 3.25. The average Bonchev–Trinajstić information content (AvgIpc) is 2.26. The molecule has 0 aliphatic carbocycles. The maximum Gasteiger partial charge on any atom is 0.323 e. The van der Waals surface area contributed by atoms with Gasteiger partial charge in [0, 0.05) is 19.7 Å². The van der Waals surface area contributed by atoms with Crippen molar-refractivity contribution in [2.75, 3.05) is 25.1 Å². The Labute approximate surface area is 93.9 Å². The van der Waals surface area contributed by atoms with Crippen LogP contribution in [0.5, 0.6) is 0 Å². The molecule has 0 fully saturated rings. The van der Waals surface area contributed by atoms with Gasteiger partial charge in [-0.1, -0.05) is 0 Å². The lowest BCUT2D eigenvalue weighted by molar-refractivity contribution is -0.135. The second kappa shape index (κ2) is 6.02. The lowest BCUT2D eigenvalue weighted by Gasteiger charge is -2.15. The Balaban J connectivity index is 2.69. The van der Waals surface area contributed by atoms with E-state index in [0.29, 0.717) is 19.0 Å². The van der Waals surface area contributed by atoms with Crippen LogP contribution in [0.25, 0.3) is 0 Å². The van der Waals surface area contributed by atoms with Gasteiger partial charge >= 0.3 is 5.97 Å². The molecule has 0 spiro atoms. The number of anilines is 1. The van der Waals surface area contributed by atoms with Crippen LogP contribution in [0.4, 0.5) is 5.82 Å². The van der Waals surface area contributed by atoms with Gasteiger partial charge in [-0.25, -0.2) is 9.97 Å². The number of likely N-dealkylation sites (N-methyl/N-ethyl adjacent to an activating group) is 1. The average molecular weight is 225 g/mol. The maximum absolute atomic E-state index is 10.5. The molecule has 0 aliphatic heterocycles. The van der Waals surface area contributed by atoms with Crippen LogP contribution >= 0.6 is 0 Å². The Morgan fingerprint density at radius 2 is 2.31 bits per heavy atom. The molecule has 0 aliphatic rings. The molecule has 0 atom stereocenters. The molecule has 6 heteroatoms. The highest BCUT2D eigenvalue weighted by atomic mass is 16.5. The van der Waals surface area contributed by atoms with Crippen molar-refractivity contribution in [1.82, 2.24) is 9.97 Å². The molecule has 0 bridgehead atoms. The SMILES string of the molecule is CCOCc1cc(N(C)CC(=O)O)ncn1. The minimum Gasteiger partial charge on any atom is -0.480 e. The topological polar surface area (TPSA) is 75.5 Å². The van der Waals surface area contributed by atoms with Crippen LogP contribution in [0.3, 0.4) is 0 Å². The molecule has 1 heterocycles. The summed E-state index contributed by atoms with van der Waals surface area (Å²) in [7, 11) is 1.67.